The zero-order chi connectivity index (χ0) is 23.4. The summed E-state index contributed by atoms with van der Waals surface area (Å²) in [5.74, 6) is -2.68. The fourth-order valence-corrected chi connectivity index (χ4v) is 4.50. The van der Waals surface area contributed by atoms with E-state index in [1.165, 1.54) is 49.4 Å². The molecule has 0 fully saturated rings. The summed E-state index contributed by atoms with van der Waals surface area (Å²) in [6, 6.07) is 8.32. The molecule has 0 radical (unpaired) electrons. The van der Waals surface area contributed by atoms with Gasteiger partial charge in [-0.05, 0) is 56.2 Å². The van der Waals surface area contributed by atoms with Crippen LogP contribution in [0.25, 0.3) is 0 Å². The third kappa shape index (κ3) is 6.20. The number of ether oxygens (including phenoxy) is 1. The Balaban J connectivity index is 2.18. The number of rotatable bonds is 7. The third-order valence-electron chi connectivity index (χ3n) is 4.14. The zero-order valence-electron chi connectivity index (χ0n) is 16.5. The van der Waals surface area contributed by atoms with Crippen molar-refractivity contribution in [2.24, 2.45) is 0 Å². The molecular weight excluding hydrogens is 459 g/mol. The maximum absolute atomic E-state index is 12.9. The van der Waals surface area contributed by atoms with Crippen molar-refractivity contribution in [1.29, 1.82) is 0 Å². The maximum atomic E-state index is 12.9. The number of hydrogen-bond acceptors (Lipinski definition) is 5. The first kappa shape index (κ1) is 24.7. The molecule has 0 aliphatic rings. The van der Waals surface area contributed by atoms with E-state index in [0.29, 0.717) is 5.56 Å². The van der Waals surface area contributed by atoms with Crippen LogP contribution in [0.1, 0.15) is 29.8 Å². The van der Waals surface area contributed by atoms with Crippen LogP contribution in [-0.2, 0) is 25.8 Å². The number of halogens is 4. The Morgan fingerprint density at radius 1 is 1.13 bits per heavy atom. The van der Waals surface area contributed by atoms with Crippen LogP contribution in [0.15, 0.2) is 52.3 Å². The number of carbonyl (C=O) groups excluding carboxylic acids is 2. The summed E-state index contributed by atoms with van der Waals surface area (Å²) in [5.41, 5.74) is 0.633. The highest BCUT2D eigenvalue weighted by atomic mass is 35.5. The van der Waals surface area contributed by atoms with Crippen LogP contribution in [0.4, 0.5) is 13.2 Å². The van der Waals surface area contributed by atoms with E-state index in [1.807, 2.05) is 5.32 Å². The average Bonchev–Trinajstić information content (AvgIpc) is 2.67. The van der Waals surface area contributed by atoms with Crippen molar-refractivity contribution >= 4 is 33.3 Å². The lowest BCUT2D eigenvalue weighted by Gasteiger charge is -2.15. The fraction of sp³-hybridized carbons (Fsp3) is 0.300. The molecule has 0 heterocycles. The van der Waals surface area contributed by atoms with E-state index >= 15 is 0 Å². The second kappa shape index (κ2) is 9.69. The third-order valence-corrected chi connectivity index (χ3v) is 6.40. The topological polar surface area (TPSA) is 89.5 Å². The summed E-state index contributed by atoms with van der Waals surface area (Å²) in [7, 11) is -4.01. The van der Waals surface area contributed by atoms with Gasteiger partial charge in [-0.1, -0.05) is 23.7 Å². The minimum Gasteiger partial charge on any atom is -0.462 e. The van der Waals surface area contributed by atoms with Crippen molar-refractivity contribution < 1.29 is 35.9 Å². The van der Waals surface area contributed by atoms with Crippen molar-refractivity contribution in [1.82, 2.24) is 5.32 Å². The largest absolute Gasteiger partial charge is 0.471 e. The second-order valence-electron chi connectivity index (χ2n) is 6.59. The summed E-state index contributed by atoms with van der Waals surface area (Å²) < 4.78 is 67.5. The summed E-state index contributed by atoms with van der Waals surface area (Å²) in [4.78, 5) is 22.4. The van der Waals surface area contributed by atoms with E-state index in [9.17, 15) is 31.2 Å². The first-order valence-electron chi connectivity index (χ1n) is 9.04. The predicted molar refractivity (Wildman–Crippen MR) is 107 cm³/mol. The van der Waals surface area contributed by atoms with Crippen molar-refractivity contribution in [2.75, 3.05) is 6.61 Å². The molecule has 1 amide bonds. The van der Waals surface area contributed by atoms with Crippen LogP contribution in [-0.4, -0.2) is 39.1 Å². The van der Waals surface area contributed by atoms with E-state index < -0.39 is 33.9 Å². The molecule has 0 saturated heterocycles. The maximum Gasteiger partial charge on any atom is 0.471 e. The zero-order valence-corrected chi connectivity index (χ0v) is 18.1. The van der Waals surface area contributed by atoms with Gasteiger partial charge in [-0.25, -0.2) is 13.2 Å². The number of benzene rings is 2. The lowest BCUT2D eigenvalue weighted by molar-refractivity contribution is -0.174. The normalized spacial score (nSPS) is 12.8. The van der Waals surface area contributed by atoms with Gasteiger partial charge in [0, 0.05) is 6.04 Å². The lowest BCUT2D eigenvalue weighted by Crippen LogP contribution is -2.42. The Morgan fingerprint density at radius 3 is 2.26 bits per heavy atom. The standard InChI is InChI=1S/C20H19ClF3NO5S/c1-3-30-18(26)14-6-9-17(16(21)11-14)31(28,29)15-7-4-13(5-8-15)10-12(2)25-19(27)20(22,23)24/h4-9,11-12H,3,10H2,1-2H3,(H,25,27)/t12-/m1/s1. The minimum absolute atomic E-state index is 0.0666. The van der Waals surface area contributed by atoms with Crippen LogP contribution in [0.5, 0.6) is 0 Å². The Kier molecular flexibility index (Phi) is 7.72. The molecule has 0 unspecified atom stereocenters. The molecule has 0 saturated carbocycles. The minimum atomic E-state index is -4.98. The number of alkyl halides is 3. The number of amides is 1. The van der Waals surface area contributed by atoms with Gasteiger partial charge in [0.25, 0.3) is 0 Å². The number of nitrogens with one attached hydrogen (secondary N) is 1. The van der Waals surface area contributed by atoms with Gasteiger partial charge in [0.1, 0.15) is 0 Å². The molecule has 0 aliphatic carbocycles. The van der Waals surface area contributed by atoms with Crippen molar-refractivity contribution in [3.8, 4) is 0 Å². The van der Waals surface area contributed by atoms with Gasteiger partial charge >= 0.3 is 18.1 Å². The lowest BCUT2D eigenvalue weighted by atomic mass is 10.1. The average molecular weight is 478 g/mol. The predicted octanol–water partition coefficient (Wildman–Crippen LogP) is 3.96. The molecule has 0 aliphatic heterocycles. The van der Waals surface area contributed by atoms with Crippen LogP contribution in [0.3, 0.4) is 0 Å². The van der Waals surface area contributed by atoms with E-state index in [2.05, 4.69) is 0 Å². The van der Waals surface area contributed by atoms with Crippen LogP contribution >= 0.6 is 11.6 Å². The fourth-order valence-electron chi connectivity index (χ4n) is 2.70. The van der Waals surface area contributed by atoms with Gasteiger partial charge in [-0.2, -0.15) is 13.2 Å². The molecule has 1 N–H and O–H groups in total. The van der Waals surface area contributed by atoms with Gasteiger partial charge < -0.3 is 10.1 Å². The monoisotopic (exact) mass is 477 g/mol. The highest BCUT2D eigenvalue weighted by Crippen LogP contribution is 2.29. The van der Waals surface area contributed by atoms with E-state index in [0.717, 1.165) is 0 Å². The van der Waals surface area contributed by atoms with Crippen LogP contribution in [0.2, 0.25) is 5.02 Å². The van der Waals surface area contributed by atoms with E-state index in [1.54, 1.807) is 6.92 Å². The van der Waals surface area contributed by atoms with E-state index in [-0.39, 0.29) is 33.4 Å². The smallest absolute Gasteiger partial charge is 0.462 e. The second-order valence-corrected chi connectivity index (χ2v) is 8.91. The molecule has 2 rings (SSSR count). The molecule has 0 aromatic heterocycles. The summed E-state index contributed by atoms with van der Waals surface area (Å²) in [6.07, 6.45) is -4.91. The summed E-state index contributed by atoms with van der Waals surface area (Å²) in [5, 5.41) is 1.68. The van der Waals surface area contributed by atoms with Gasteiger partial charge in [-0.15, -0.1) is 0 Å². The molecule has 0 bridgehead atoms. The highest BCUT2D eigenvalue weighted by molar-refractivity contribution is 7.91. The summed E-state index contributed by atoms with van der Waals surface area (Å²) in [6.45, 7) is 3.19. The highest BCUT2D eigenvalue weighted by Gasteiger charge is 2.39. The quantitative estimate of drug-likeness (QED) is 0.610. The Labute approximate surface area is 182 Å². The SMILES string of the molecule is CCOC(=O)c1ccc(S(=O)(=O)c2ccc(C[C@@H](C)NC(=O)C(F)(F)F)cc2)c(Cl)c1. The van der Waals surface area contributed by atoms with Gasteiger partial charge in [0.05, 0.1) is 27.0 Å². The van der Waals surface area contributed by atoms with Crippen molar-refractivity contribution in [3.05, 3.63) is 58.6 Å². The van der Waals surface area contributed by atoms with E-state index in [4.69, 9.17) is 16.3 Å². The molecule has 168 valence electrons. The van der Waals surface area contributed by atoms with Gasteiger partial charge in [0.2, 0.25) is 9.84 Å². The van der Waals surface area contributed by atoms with Crippen LogP contribution in [0, 0.1) is 0 Å². The number of esters is 1. The Bertz CT molecular complexity index is 1070. The molecular formula is C20H19ClF3NO5S. The van der Waals surface area contributed by atoms with Crippen molar-refractivity contribution in [3.63, 3.8) is 0 Å². The molecule has 6 nitrogen and oxygen atoms in total. The van der Waals surface area contributed by atoms with Crippen molar-refractivity contribution in [2.45, 2.75) is 42.3 Å². The first-order valence-corrected chi connectivity index (χ1v) is 10.9. The molecule has 11 heteroatoms. The number of carbonyl (C=O) groups is 2. The molecule has 31 heavy (non-hydrogen) atoms. The summed E-state index contributed by atoms with van der Waals surface area (Å²) >= 11 is 6.07. The van der Waals surface area contributed by atoms with Gasteiger partial charge in [-0.3, -0.25) is 4.79 Å². The number of hydrogen-bond donors (Lipinski definition) is 1. The molecule has 2 aromatic carbocycles. The molecule has 2 aromatic rings. The van der Waals surface area contributed by atoms with Gasteiger partial charge in [0.15, 0.2) is 0 Å². The molecule has 0 spiro atoms. The van der Waals surface area contributed by atoms with Crippen LogP contribution < -0.4 is 5.32 Å². The first-order chi connectivity index (χ1) is 14.4. The Hall–Kier alpha value is -2.59. The number of sulfone groups is 1. The molecule has 1 atom stereocenters. The Morgan fingerprint density at radius 2 is 1.74 bits per heavy atom.